The van der Waals surface area contributed by atoms with Crippen molar-refractivity contribution in [2.75, 3.05) is 39.8 Å². The largest absolute Gasteiger partial charge is 0.373 e. The van der Waals surface area contributed by atoms with Gasteiger partial charge in [-0.15, -0.1) is 0 Å². The number of nitrogens with one attached hydrogen (secondary N) is 1. The molecule has 1 aromatic heterocycles. The minimum Gasteiger partial charge on any atom is -0.373 e. The molecule has 0 radical (unpaired) electrons. The Morgan fingerprint density at radius 2 is 2.14 bits per heavy atom. The Balaban J connectivity index is 1.34. The molecule has 2 fully saturated rings. The van der Waals surface area contributed by atoms with E-state index in [1.54, 1.807) is 0 Å². The van der Waals surface area contributed by atoms with Crippen molar-refractivity contribution in [2.45, 2.75) is 32.0 Å². The monoisotopic (exact) mass is 384 g/mol. The molecule has 1 N–H and O–H groups in total. The summed E-state index contributed by atoms with van der Waals surface area (Å²) in [6, 6.07) is 11.0. The fourth-order valence-electron chi connectivity index (χ4n) is 4.00. The van der Waals surface area contributed by atoms with Crippen LogP contribution in [-0.2, 0) is 17.7 Å². The zero-order chi connectivity index (χ0) is 19.3. The van der Waals surface area contributed by atoms with Gasteiger partial charge in [0.15, 0.2) is 11.8 Å². The van der Waals surface area contributed by atoms with Crippen molar-refractivity contribution in [1.82, 2.24) is 25.3 Å². The molecular formula is C20H28N6O2. The lowest BCUT2D eigenvalue weighted by molar-refractivity contribution is -0.0502. The van der Waals surface area contributed by atoms with Gasteiger partial charge < -0.3 is 19.5 Å². The van der Waals surface area contributed by atoms with Crippen molar-refractivity contribution < 1.29 is 9.26 Å². The second kappa shape index (κ2) is 8.70. The van der Waals surface area contributed by atoms with Crippen LogP contribution in [0.15, 0.2) is 39.8 Å². The van der Waals surface area contributed by atoms with Gasteiger partial charge in [-0.25, -0.2) is 0 Å². The molecule has 3 heterocycles. The molecule has 2 atom stereocenters. The van der Waals surface area contributed by atoms with E-state index in [2.05, 4.69) is 60.6 Å². The predicted octanol–water partition coefficient (Wildman–Crippen LogP) is 1.08. The van der Waals surface area contributed by atoms with Crippen molar-refractivity contribution in [3.8, 4) is 0 Å². The topological polar surface area (TPSA) is 79.0 Å². The highest BCUT2D eigenvalue weighted by atomic mass is 16.5. The minimum absolute atomic E-state index is 0.217. The lowest BCUT2D eigenvalue weighted by atomic mass is 10.1. The van der Waals surface area contributed by atoms with Gasteiger partial charge in [0.05, 0.1) is 18.8 Å². The van der Waals surface area contributed by atoms with Crippen LogP contribution in [0.2, 0.25) is 0 Å². The summed E-state index contributed by atoms with van der Waals surface area (Å²) in [5, 5.41) is 7.24. The van der Waals surface area contributed by atoms with Crippen LogP contribution in [0.5, 0.6) is 0 Å². The van der Waals surface area contributed by atoms with Gasteiger partial charge in [-0.3, -0.25) is 9.89 Å². The number of hydrogen-bond acceptors (Lipinski definition) is 6. The predicted molar refractivity (Wildman–Crippen MR) is 106 cm³/mol. The van der Waals surface area contributed by atoms with E-state index in [4.69, 9.17) is 9.26 Å². The SMILES string of the molecule is CN=C(NCCc1nc(C)no1)N1CC2OCCN(Cc3ccccc3)C2C1. The molecule has 0 bridgehead atoms. The molecule has 8 heteroatoms. The number of morpholine rings is 1. The second-order valence-corrected chi connectivity index (χ2v) is 7.30. The summed E-state index contributed by atoms with van der Waals surface area (Å²) in [6.45, 7) is 7.01. The molecule has 28 heavy (non-hydrogen) atoms. The van der Waals surface area contributed by atoms with Crippen molar-refractivity contribution in [2.24, 2.45) is 4.99 Å². The molecule has 8 nitrogen and oxygen atoms in total. The lowest BCUT2D eigenvalue weighted by Crippen LogP contribution is -2.50. The first-order chi connectivity index (χ1) is 13.7. The summed E-state index contributed by atoms with van der Waals surface area (Å²) in [5.41, 5.74) is 1.35. The third-order valence-electron chi connectivity index (χ3n) is 5.35. The van der Waals surface area contributed by atoms with Crippen LogP contribution < -0.4 is 5.32 Å². The number of ether oxygens (including phenoxy) is 1. The Morgan fingerprint density at radius 3 is 2.89 bits per heavy atom. The summed E-state index contributed by atoms with van der Waals surface area (Å²) in [6.07, 6.45) is 0.895. The Labute approximate surface area is 165 Å². The van der Waals surface area contributed by atoms with E-state index in [9.17, 15) is 0 Å². The van der Waals surface area contributed by atoms with Crippen LogP contribution in [0.4, 0.5) is 0 Å². The molecule has 0 spiro atoms. The molecule has 2 aliphatic rings. The molecule has 0 amide bonds. The van der Waals surface area contributed by atoms with Crippen molar-refractivity contribution in [3.05, 3.63) is 47.6 Å². The first-order valence-corrected chi connectivity index (χ1v) is 9.87. The molecule has 150 valence electrons. The highest BCUT2D eigenvalue weighted by molar-refractivity contribution is 5.80. The fourth-order valence-corrected chi connectivity index (χ4v) is 4.00. The highest BCUT2D eigenvalue weighted by Gasteiger charge is 2.41. The zero-order valence-electron chi connectivity index (χ0n) is 16.5. The van der Waals surface area contributed by atoms with Crippen molar-refractivity contribution in [1.29, 1.82) is 0 Å². The van der Waals surface area contributed by atoms with Gasteiger partial charge in [0, 0.05) is 46.2 Å². The number of aryl methyl sites for hydroxylation is 1. The summed E-state index contributed by atoms with van der Waals surface area (Å²) in [4.78, 5) is 13.5. The third kappa shape index (κ3) is 4.34. The van der Waals surface area contributed by atoms with E-state index in [0.29, 0.717) is 30.7 Å². The number of aliphatic imine (C=N–C) groups is 1. The molecule has 4 rings (SSSR count). The number of guanidine groups is 1. The van der Waals surface area contributed by atoms with Crippen molar-refractivity contribution in [3.63, 3.8) is 0 Å². The maximum absolute atomic E-state index is 6.07. The molecule has 2 saturated heterocycles. The Hall–Kier alpha value is -2.45. The van der Waals surface area contributed by atoms with E-state index in [1.165, 1.54) is 5.56 Å². The van der Waals surface area contributed by atoms with Crippen LogP contribution >= 0.6 is 0 Å². The first kappa shape index (κ1) is 18.9. The number of likely N-dealkylation sites (tertiary alicyclic amines) is 1. The van der Waals surface area contributed by atoms with E-state index in [0.717, 1.165) is 38.7 Å². The molecule has 2 aromatic rings. The Kier molecular flexibility index (Phi) is 5.87. The second-order valence-electron chi connectivity index (χ2n) is 7.30. The maximum atomic E-state index is 6.07. The average Bonchev–Trinajstić information content (AvgIpc) is 3.33. The van der Waals surface area contributed by atoms with Crippen LogP contribution in [0, 0.1) is 6.92 Å². The number of fused-ring (bicyclic) bond motifs is 1. The lowest BCUT2D eigenvalue weighted by Gasteiger charge is -2.36. The summed E-state index contributed by atoms with van der Waals surface area (Å²) in [5.74, 6) is 2.21. The minimum atomic E-state index is 0.217. The fraction of sp³-hybridized carbons (Fsp3) is 0.550. The Bertz CT molecular complexity index is 793. The quantitative estimate of drug-likeness (QED) is 0.610. The van der Waals surface area contributed by atoms with Gasteiger partial charge in [-0.1, -0.05) is 35.5 Å². The van der Waals surface area contributed by atoms with Gasteiger partial charge in [0.1, 0.15) is 0 Å². The maximum Gasteiger partial charge on any atom is 0.228 e. The number of aromatic nitrogens is 2. The van der Waals surface area contributed by atoms with Gasteiger partial charge >= 0.3 is 0 Å². The molecule has 0 aliphatic carbocycles. The summed E-state index contributed by atoms with van der Waals surface area (Å²) in [7, 11) is 1.82. The molecule has 1 aromatic carbocycles. The summed E-state index contributed by atoms with van der Waals surface area (Å²) >= 11 is 0. The van der Waals surface area contributed by atoms with Gasteiger partial charge in [-0.2, -0.15) is 4.98 Å². The zero-order valence-corrected chi connectivity index (χ0v) is 16.5. The van der Waals surface area contributed by atoms with Crippen LogP contribution in [-0.4, -0.2) is 77.9 Å². The normalized spacial score (nSPS) is 23.1. The smallest absolute Gasteiger partial charge is 0.228 e. The van der Waals surface area contributed by atoms with E-state index < -0.39 is 0 Å². The van der Waals surface area contributed by atoms with E-state index in [1.807, 2.05) is 14.0 Å². The average molecular weight is 384 g/mol. The number of hydrogen-bond donors (Lipinski definition) is 1. The van der Waals surface area contributed by atoms with Crippen LogP contribution in [0.3, 0.4) is 0 Å². The first-order valence-electron chi connectivity index (χ1n) is 9.87. The standard InChI is InChI=1S/C20H28N6O2/c1-15-23-19(28-24-15)8-9-22-20(21-2)26-13-17-18(14-26)27-11-10-25(17)12-16-6-4-3-5-7-16/h3-7,17-18H,8-14H2,1-2H3,(H,21,22). The third-order valence-corrected chi connectivity index (χ3v) is 5.35. The molecule has 2 unspecified atom stereocenters. The molecular weight excluding hydrogens is 356 g/mol. The van der Waals surface area contributed by atoms with Crippen molar-refractivity contribution >= 4 is 5.96 Å². The number of benzene rings is 1. The van der Waals surface area contributed by atoms with Crippen LogP contribution in [0.1, 0.15) is 17.3 Å². The van der Waals surface area contributed by atoms with Crippen LogP contribution in [0.25, 0.3) is 0 Å². The van der Waals surface area contributed by atoms with E-state index in [-0.39, 0.29) is 6.10 Å². The summed E-state index contributed by atoms with van der Waals surface area (Å²) < 4.78 is 11.2. The molecule has 0 saturated carbocycles. The number of rotatable bonds is 5. The van der Waals surface area contributed by atoms with Gasteiger partial charge in [0.25, 0.3) is 0 Å². The number of nitrogens with zero attached hydrogens (tertiary/aromatic N) is 5. The highest BCUT2D eigenvalue weighted by Crippen LogP contribution is 2.24. The van der Waals surface area contributed by atoms with Gasteiger partial charge in [0.2, 0.25) is 5.89 Å². The molecule has 2 aliphatic heterocycles. The Morgan fingerprint density at radius 1 is 1.29 bits per heavy atom. The van der Waals surface area contributed by atoms with Gasteiger partial charge in [-0.05, 0) is 12.5 Å². The van der Waals surface area contributed by atoms with E-state index >= 15 is 0 Å².